The second-order valence-electron chi connectivity index (χ2n) is 4.63. The zero-order valence-corrected chi connectivity index (χ0v) is 10.7. The summed E-state index contributed by atoms with van der Waals surface area (Å²) >= 11 is 0. The Morgan fingerprint density at radius 1 is 1.37 bits per heavy atom. The van der Waals surface area contributed by atoms with Gasteiger partial charge >= 0.3 is 0 Å². The quantitative estimate of drug-likeness (QED) is 0.822. The van der Waals surface area contributed by atoms with Crippen LogP contribution >= 0.6 is 0 Å². The third kappa shape index (κ3) is 2.93. The van der Waals surface area contributed by atoms with Crippen LogP contribution in [0.15, 0.2) is 24.8 Å². The molecule has 0 saturated carbocycles. The summed E-state index contributed by atoms with van der Waals surface area (Å²) in [4.78, 5) is 2.14. The van der Waals surface area contributed by atoms with E-state index in [1.807, 2.05) is 0 Å². The minimum atomic E-state index is -1.18. The molecule has 3 nitrogen and oxygen atoms in total. The molecule has 0 spiro atoms. The predicted octanol–water partition coefficient (Wildman–Crippen LogP) is 2.19. The Bertz CT molecular complexity index is 459. The van der Waals surface area contributed by atoms with Crippen molar-refractivity contribution in [3.63, 3.8) is 0 Å². The first-order valence-electron chi connectivity index (χ1n) is 6.37. The van der Waals surface area contributed by atoms with Gasteiger partial charge in [0.15, 0.2) is 11.6 Å². The molecule has 0 aromatic heterocycles. The van der Waals surface area contributed by atoms with Crippen LogP contribution in [0.2, 0.25) is 0 Å². The predicted molar refractivity (Wildman–Crippen MR) is 70.0 cm³/mol. The van der Waals surface area contributed by atoms with Gasteiger partial charge < -0.3 is 10.4 Å². The van der Waals surface area contributed by atoms with Crippen LogP contribution in [0.1, 0.15) is 18.0 Å². The van der Waals surface area contributed by atoms with E-state index < -0.39 is 17.4 Å². The summed E-state index contributed by atoms with van der Waals surface area (Å²) in [6, 6.07) is 2.33. The van der Waals surface area contributed by atoms with Crippen molar-refractivity contribution >= 4 is 0 Å². The lowest BCUT2D eigenvalue weighted by molar-refractivity contribution is 0.171. The Balaban J connectivity index is 2.32. The van der Waals surface area contributed by atoms with Crippen molar-refractivity contribution in [3.8, 4) is 5.75 Å². The van der Waals surface area contributed by atoms with E-state index in [0.717, 1.165) is 32.2 Å². The largest absolute Gasteiger partial charge is 0.505 e. The number of piperazine rings is 1. The number of nitrogens with one attached hydrogen (secondary N) is 1. The van der Waals surface area contributed by atoms with Gasteiger partial charge in [0.25, 0.3) is 0 Å². The van der Waals surface area contributed by atoms with Gasteiger partial charge in [-0.2, -0.15) is 4.39 Å². The molecule has 1 atom stereocenters. The molecule has 19 heavy (non-hydrogen) atoms. The highest BCUT2D eigenvalue weighted by Crippen LogP contribution is 2.34. The van der Waals surface area contributed by atoms with Gasteiger partial charge in [-0.15, -0.1) is 6.58 Å². The molecule has 0 bridgehead atoms. The maximum atomic E-state index is 13.5. The molecule has 0 amide bonds. The average molecular weight is 268 g/mol. The normalized spacial score (nSPS) is 18.2. The molecule has 1 aliphatic rings. The van der Waals surface area contributed by atoms with Crippen molar-refractivity contribution in [2.24, 2.45) is 0 Å². The minimum absolute atomic E-state index is 0.172. The average Bonchev–Trinajstić information content (AvgIpc) is 2.44. The molecule has 1 fully saturated rings. The maximum absolute atomic E-state index is 13.5. The van der Waals surface area contributed by atoms with Crippen molar-refractivity contribution in [2.75, 3.05) is 26.2 Å². The topological polar surface area (TPSA) is 35.5 Å². The Labute approximate surface area is 111 Å². The fraction of sp³-hybridized carbons (Fsp3) is 0.429. The van der Waals surface area contributed by atoms with E-state index in [2.05, 4.69) is 16.8 Å². The first-order valence-corrected chi connectivity index (χ1v) is 6.37. The van der Waals surface area contributed by atoms with Gasteiger partial charge in [-0.25, -0.2) is 4.39 Å². The molecule has 0 aliphatic carbocycles. The molecule has 5 heteroatoms. The summed E-state index contributed by atoms with van der Waals surface area (Å²) in [5.74, 6) is -2.80. The second kappa shape index (κ2) is 6.12. The van der Waals surface area contributed by atoms with Gasteiger partial charge in [0.2, 0.25) is 5.82 Å². The molecule has 1 heterocycles. The molecule has 0 unspecified atom stereocenters. The van der Waals surface area contributed by atoms with Gasteiger partial charge in [0, 0.05) is 37.8 Å². The second-order valence-corrected chi connectivity index (χ2v) is 4.63. The van der Waals surface area contributed by atoms with E-state index in [0.29, 0.717) is 12.0 Å². The van der Waals surface area contributed by atoms with Crippen molar-refractivity contribution in [1.82, 2.24) is 10.2 Å². The Hall–Kier alpha value is -1.46. The van der Waals surface area contributed by atoms with Crippen molar-refractivity contribution in [3.05, 3.63) is 42.0 Å². The Kier molecular flexibility index (Phi) is 4.50. The molecule has 0 radical (unpaired) electrons. The number of hydrogen-bond donors (Lipinski definition) is 2. The van der Waals surface area contributed by atoms with Gasteiger partial charge in [-0.05, 0) is 12.5 Å². The number of hydrogen-bond acceptors (Lipinski definition) is 3. The zero-order valence-electron chi connectivity index (χ0n) is 10.7. The molecule has 2 rings (SSSR count). The monoisotopic (exact) mass is 268 g/mol. The fourth-order valence-corrected chi connectivity index (χ4v) is 2.45. The van der Waals surface area contributed by atoms with Crippen LogP contribution in [0.4, 0.5) is 8.78 Å². The van der Waals surface area contributed by atoms with Crippen LogP contribution in [0, 0.1) is 11.6 Å². The molecule has 1 aliphatic heterocycles. The molecule has 1 aromatic rings. The van der Waals surface area contributed by atoms with Crippen LogP contribution in [-0.4, -0.2) is 36.2 Å². The lowest BCUT2D eigenvalue weighted by Gasteiger charge is -2.35. The minimum Gasteiger partial charge on any atom is -0.505 e. The van der Waals surface area contributed by atoms with Crippen LogP contribution in [0.25, 0.3) is 0 Å². The van der Waals surface area contributed by atoms with E-state index in [1.165, 1.54) is 6.07 Å². The molecular weight excluding hydrogens is 250 g/mol. The smallest absolute Gasteiger partial charge is 0.200 e. The summed E-state index contributed by atoms with van der Waals surface area (Å²) < 4.78 is 26.5. The first-order chi connectivity index (χ1) is 9.15. The van der Waals surface area contributed by atoms with Crippen LogP contribution in [-0.2, 0) is 0 Å². The van der Waals surface area contributed by atoms with Crippen LogP contribution in [0.3, 0.4) is 0 Å². The number of benzene rings is 1. The standard InChI is InChI=1S/C14H18F2N2O/c1-2-3-12(18-8-6-17-7-9-18)10-4-5-11(15)13(16)14(10)19/h2,4-5,12,17,19H,1,3,6-9H2/t12-/m1/s1. The van der Waals surface area contributed by atoms with E-state index in [9.17, 15) is 13.9 Å². The third-order valence-corrected chi connectivity index (χ3v) is 3.44. The molecule has 1 saturated heterocycles. The van der Waals surface area contributed by atoms with Gasteiger partial charge in [-0.1, -0.05) is 12.1 Å². The highest BCUT2D eigenvalue weighted by atomic mass is 19.2. The van der Waals surface area contributed by atoms with Crippen LogP contribution < -0.4 is 5.32 Å². The SMILES string of the molecule is C=CC[C@H](c1ccc(F)c(F)c1O)N1CCNCC1. The molecule has 1 aromatic carbocycles. The summed E-state index contributed by atoms with van der Waals surface area (Å²) in [7, 11) is 0. The summed E-state index contributed by atoms with van der Waals surface area (Å²) in [6.07, 6.45) is 2.31. The van der Waals surface area contributed by atoms with Crippen molar-refractivity contribution in [2.45, 2.75) is 12.5 Å². The number of phenolic OH excluding ortho intramolecular Hbond substituents is 1. The summed E-state index contributed by atoms with van der Waals surface area (Å²) in [5, 5.41) is 13.0. The molecule has 2 N–H and O–H groups in total. The number of phenols is 1. The Morgan fingerprint density at radius 2 is 2.05 bits per heavy atom. The third-order valence-electron chi connectivity index (χ3n) is 3.44. The van der Waals surface area contributed by atoms with Gasteiger partial charge in [0.05, 0.1) is 0 Å². The molecule has 104 valence electrons. The summed E-state index contributed by atoms with van der Waals surface area (Å²) in [6.45, 7) is 6.99. The van der Waals surface area contributed by atoms with Crippen LogP contribution in [0.5, 0.6) is 5.75 Å². The van der Waals surface area contributed by atoms with Gasteiger partial charge in [0.1, 0.15) is 0 Å². The van der Waals surface area contributed by atoms with E-state index in [1.54, 1.807) is 6.08 Å². The van der Waals surface area contributed by atoms with E-state index in [4.69, 9.17) is 0 Å². The lowest BCUT2D eigenvalue weighted by atomic mass is 9.99. The number of nitrogens with zero attached hydrogens (tertiary/aromatic N) is 1. The first kappa shape index (κ1) is 14.0. The van der Waals surface area contributed by atoms with Gasteiger partial charge in [-0.3, -0.25) is 4.90 Å². The maximum Gasteiger partial charge on any atom is 0.200 e. The Morgan fingerprint density at radius 3 is 2.68 bits per heavy atom. The van der Waals surface area contributed by atoms with Crippen molar-refractivity contribution in [1.29, 1.82) is 0 Å². The highest BCUT2D eigenvalue weighted by Gasteiger charge is 2.25. The number of rotatable bonds is 4. The molecular formula is C14H18F2N2O. The van der Waals surface area contributed by atoms with E-state index in [-0.39, 0.29) is 6.04 Å². The highest BCUT2D eigenvalue weighted by molar-refractivity contribution is 5.37. The van der Waals surface area contributed by atoms with E-state index >= 15 is 0 Å². The zero-order chi connectivity index (χ0) is 13.8. The van der Waals surface area contributed by atoms with Crippen molar-refractivity contribution < 1.29 is 13.9 Å². The summed E-state index contributed by atoms with van der Waals surface area (Å²) in [5.41, 5.74) is 0.417. The number of aromatic hydroxyl groups is 1. The number of halogens is 2. The fourth-order valence-electron chi connectivity index (χ4n) is 2.45. The lowest BCUT2D eigenvalue weighted by Crippen LogP contribution is -2.45.